The van der Waals surface area contributed by atoms with Crippen LogP contribution < -0.4 is 26.4 Å². The molecule has 0 saturated carbocycles. The summed E-state index contributed by atoms with van der Waals surface area (Å²) < 4.78 is 5.21. The molecule has 40 heavy (non-hydrogen) atoms. The largest absolute Gasteiger partial charge is 0.497 e. The zero-order valence-corrected chi connectivity index (χ0v) is 23.0. The average molecular weight is 572 g/mol. The highest BCUT2D eigenvalue weighted by molar-refractivity contribution is 7.23. The van der Waals surface area contributed by atoms with Gasteiger partial charge < -0.3 is 21.1 Å². The first-order chi connectivity index (χ1) is 19.5. The maximum atomic E-state index is 12.7. The van der Waals surface area contributed by atoms with Gasteiger partial charge in [0.1, 0.15) is 21.5 Å². The second-order valence-corrected chi connectivity index (χ2v) is 10.4. The molecule has 0 aliphatic heterocycles. The van der Waals surface area contributed by atoms with Crippen LogP contribution in [0.2, 0.25) is 0 Å². The van der Waals surface area contributed by atoms with Crippen molar-refractivity contribution < 1.29 is 14.3 Å². The molecule has 3 heterocycles. The number of rotatable bonds is 9. The number of benzene rings is 2. The lowest BCUT2D eigenvalue weighted by Gasteiger charge is -2.08. The summed E-state index contributed by atoms with van der Waals surface area (Å²) >= 11 is 2.67. The van der Waals surface area contributed by atoms with E-state index in [-0.39, 0.29) is 17.8 Å². The first-order valence-corrected chi connectivity index (χ1v) is 13.9. The summed E-state index contributed by atoms with van der Waals surface area (Å²) in [6, 6.07) is 17.8. The van der Waals surface area contributed by atoms with E-state index in [1.54, 1.807) is 43.8 Å². The van der Waals surface area contributed by atoms with E-state index in [1.807, 2.05) is 41.8 Å². The van der Waals surface area contributed by atoms with Crippen LogP contribution >= 0.6 is 22.7 Å². The van der Waals surface area contributed by atoms with Gasteiger partial charge in [0, 0.05) is 41.1 Å². The summed E-state index contributed by atoms with van der Waals surface area (Å²) in [6.45, 7) is 0.458. The van der Waals surface area contributed by atoms with Crippen LogP contribution in [0.15, 0.2) is 78.4 Å². The molecule has 2 aromatic carbocycles. The van der Waals surface area contributed by atoms with Crippen molar-refractivity contribution in [2.24, 2.45) is 0 Å². The van der Waals surface area contributed by atoms with E-state index in [2.05, 4.69) is 25.9 Å². The van der Waals surface area contributed by atoms with Crippen molar-refractivity contribution in [2.45, 2.75) is 6.42 Å². The number of hydrogen-bond donors (Lipinski definition) is 4. The van der Waals surface area contributed by atoms with E-state index in [4.69, 9.17) is 15.5 Å². The minimum atomic E-state index is -0.364. The zero-order chi connectivity index (χ0) is 27.9. The number of urea groups is 1. The van der Waals surface area contributed by atoms with Crippen LogP contribution in [0.1, 0.15) is 15.9 Å². The molecule has 5 N–H and O–H groups in total. The van der Waals surface area contributed by atoms with Gasteiger partial charge in [-0.1, -0.05) is 35.6 Å². The fourth-order valence-corrected chi connectivity index (χ4v) is 5.59. The zero-order valence-electron chi connectivity index (χ0n) is 21.4. The van der Waals surface area contributed by atoms with Crippen LogP contribution in [0, 0.1) is 0 Å². The molecule has 12 heteroatoms. The number of carbonyl (C=O) groups is 2. The third-order valence-corrected chi connectivity index (χ3v) is 7.72. The molecule has 0 fully saturated rings. The molecule has 0 aliphatic rings. The number of anilines is 3. The summed E-state index contributed by atoms with van der Waals surface area (Å²) in [5.41, 5.74) is 9.89. The maximum absolute atomic E-state index is 12.7. The van der Waals surface area contributed by atoms with Gasteiger partial charge in [-0.2, -0.15) is 0 Å². The molecule has 3 aromatic heterocycles. The number of nitrogens with two attached hydrogens (primary N) is 1. The number of pyridine rings is 1. The molecule has 0 aliphatic carbocycles. The fourth-order valence-electron chi connectivity index (χ4n) is 3.78. The molecule has 0 unspecified atom stereocenters. The third kappa shape index (κ3) is 6.60. The molecule has 202 valence electrons. The Hall–Kier alpha value is -4.81. The predicted molar refractivity (Wildman–Crippen MR) is 159 cm³/mol. The minimum Gasteiger partial charge on any atom is -0.497 e. The number of thiazole rings is 2. The first-order valence-electron chi connectivity index (χ1n) is 12.2. The topological polar surface area (TPSA) is 144 Å². The van der Waals surface area contributed by atoms with Crippen LogP contribution in [-0.4, -0.2) is 40.5 Å². The van der Waals surface area contributed by atoms with Gasteiger partial charge in [0.05, 0.1) is 12.8 Å². The van der Waals surface area contributed by atoms with Gasteiger partial charge in [-0.25, -0.2) is 14.8 Å². The number of aromatic nitrogens is 3. The number of nitrogen functional groups attached to an aromatic ring is 1. The Morgan fingerprint density at radius 3 is 2.73 bits per heavy atom. The van der Waals surface area contributed by atoms with Crippen molar-refractivity contribution >= 4 is 51.2 Å². The number of carbonyl (C=O) groups excluding carboxylic acids is 2. The fraction of sp³-hybridized carbons (Fsp3) is 0.107. The minimum absolute atomic E-state index is 0.242. The third-order valence-electron chi connectivity index (χ3n) is 5.74. The molecule has 0 atom stereocenters. The number of amides is 3. The van der Waals surface area contributed by atoms with Gasteiger partial charge in [0.25, 0.3) is 5.91 Å². The van der Waals surface area contributed by atoms with Crippen LogP contribution in [0.25, 0.3) is 21.1 Å². The highest BCUT2D eigenvalue weighted by Gasteiger charge is 2.17. The highest BCUT2D eigenvalue weighted by atomic mass is 32.1. The number of hydrogen-bond acceptors (Lipinski definition) is 9. The van der Waals surface area contributed by atoms with E-state index in [0.717, 1.165) is 16.8 Å². The summed E-state index contributed by atoms with van der Waals surface area (Å²) in [7, 11) is 1.56. The Kier molecular flexibility index (Phi) is 8.28. The van der Waals surface area contributed by atoms with E-state index in [9.17, 15) is 9.59 Å². The molecular weight excluding hydrogens is 546 g/mol. The summed E-state index contributed by atoms with van der Waals surface area (Å²) in [5.74, 6) is 0.656. The van der Waals surface area contributed by atoms with Gasteiger partial charge >= 0.3 is 6.03 Å². The molecule has 10 nitrogen and oxygen atoms in total. The molecule has 0 saturated heterocycles. The smallest absolute Gasteiger partial charge is 0.321 e. The normalized spacial score (nSPS) is 10.6. The van der Waals surface area contributed by atoms with Gasteiger partial charge in [-0.15, -0.1) is 11.3 Å². The lowest BCUT2D eigenvalue weighted by atomic mass is 10.1. The van der Waals surface area contributed by atoms with Gasteiger partial charge in [0.15, 0.2) is 5.13 Å². The molecule has 5 aromatic rings. The Labute approximate surface area is 238 Å². The highest BCUT2D eigenvalue weighted by Crippen LogP contribution is 2.38. The van der Waals surface area contributed by atoms with Crippen LogP contribution in [-0.2, 0) is 6.42 Å². The standard InChI is InChI=1S/C28H25N7O3S2/c1-38-21-9-3-7-19(14-21)25(36)32-20-8-2-6-18(13-20)22-16-39-26(33-22)23-24(29)34-28(40-23)35-27(37)31-12-10-17-5-4-11-30-15-17/h2-9,11,13-16H,10,12,29H2,1H3,(H,32,36)(H2,31,34,35,37). The maximum Gasteiger partial charge on any atom is 0.321 e. The molecule has 0 bridgehead atoms. The number of methoxy groups -OCH3 is 1. The van der Waals surface area contributed by atoms with Crippen LogP contribution in [0.5, 0.6) is 5.75 Å². The molecular formula is C28H25N7O3S2. The van der Waals surface area contributed by atoms with Crippen molar-refractivity contribution in [3.05, 3.63) is 89.6 Å². The van der Waals surface area contributed by atoms with Gasteiger partial charge in [-0.3, -0.25) is 15.1 Å². The molecule has 0 spiro atoms. The van der Waals surface area contributed by atoms with E-state index in [0.29, 0.717) is 45.0 Å². The molecule has 0 radical (unpaired) electrons. The summed E-state index contributed by atoms with van der Waals surface area (Å²) in [4.78, 5) is 38.8. The van der Waals surface area contributed by atoms with Crippen molar-refractivity contribution in [1.29, 1.82) is 0 Å². The van der Waals surface area contributed by atoms with Crippen molar-refractivity contribution in [3.63, 3.8) is 0 Å². The summed E-state index contributed by atoms with van der Waals surface area (Å²) in [6.07, 6.45) is 4.14. The Morgan fingerprint density at radius 1 is 1.02 bits per heavy atom. The Balaban J connectivity index is 1.22. The summed E-state index contributed by atoms with van der Waals surface area (Å²) in [5, 5.41) is 11.4. The second-order valence-electron chi connectivity index (χ2n) is 8.53. The van der Waals surface area contributed by atoms with Crippen molar-refractivity contribution in [3.8, 4) is 26.9 Å². The first kappa shape index (κ1) is 26.8. The van der Waals surface area contributed by atoms with Crippen LogP contribution in [0.3, 0.4) is 0 Å². The number of nitrogens with zero attached hydrogens (tertiary/aromatic N) is 3. The quantitative estimate of drug-likeness (QED) is 0.182. The lowest BCUT2D eigenvalue weighted by molar-refractivity contribution is 0.102. The van der Waals surface area contributed by atoms with E-state index >= 15 is 0 Å². The second kappa shape index (κ2) is 12.4. The van der Waals surface area contributed by atoms with E-state index in [1.165, 1.54) is 22.7 Å². The van der Waals surface area contributed by atoms with Crippen molar-refractivity contribution in [1.82, 2.24) is 20.3 Å². The van der Waals surface area contributed by atoms with Crippen LogP contribution in [0.4, 0.5) is 21.4 Å². The van der Waals surface area contributed by atoms with Gasteiger partial charge in [0.2, 0.25) is 0 Å². The Bertz CT molecular complexity index is 1640. The van der Waals surface area contributed by atoms with E-state index < -0.39 is 0 Å². The number of nitrogens with one attached hydrogen (secondary N) is 3. The molecule has 5 rings (SSSR count). The molecule has 3 amide bonds. The van der Waals surface area contributed by atoms with Crippen molar-refractivity contribution in [2.75, 3.05) is 30.0 Å². The lowest BCUT2D eigenvalue weighted by Crippen LogP contribution is -2.30. The average Bonchev–Trinajstić information content (AvgIpc) is 3.60. The predicted octanol–water partition coefficient (Wildman–Crippen LogP) is 5.54. The SMILES string of the molecule is COc1cccc(C(=O)Nc2cccc(-c3csc(-c4sc(NC(=O)NCCc5cccnc5)nc4N)n3)c2)c1. The van der Waals surface area contributed by atoms with Gasteiger partial charge in [-0.05, 0) is 48.4 Å². The monoisotopic (exact) mass is 571 g/mol. The number of ether oxygens (including phenoxy) is 1. The Morgan fingerprint density at radius 2 is 1.90 bits per heavy atom.